The van der Waals surface area contributed by atoms with Crippen LogP contribution in [0.3, 0.4) is 0 Å². The Labute approximate surface area is 89.1 Å². The van der Waals surface area contributed by atoms with E-state index in [9.17, 15) is 4.39 Å². The summed E-state index contributed by atoms with van der Waals surface area (Å²) in [5.41, 5.74) is 0. The first-order valence-electron chi connectivity index (χ1n) is 3.72. The quantitative estimate of drug-likeness (QED) is 0.862. The van der Waals surface area contributed by atoms with Gasteiger partial charge in [-0.1, -0.05) is 0 Å². The minimum absolute atomic E-state index is 0.0616. The van der Waals surface area contributed by atoms with Gasteiger partial charge in [0, 0.05) is 6.20 Å². The third-order valence-electron chi connectivity index (χ3n) is 1.38. The van der Waals surface area contributed by atoms with Crippen LogP contribution in [-0.2, 0) is 0 Å². The van der Waals surface area contributed by atoms with Crippen molar-refractivity contribution in [1.29, 1.82) is 0 Å². The molecule has 1 unspecified atom stereocenters. The van der Waals surface area contributed by atoms with E-state index in [0.717, 1.165) is 0 Å². The molecule has 1 N–H and O–H groups in total. The largest absolute Gasteiger partial charge is 0.470 e. The van der Waals surface area contributed by atoms with Crippen molar-refractivity contribution in [3.05, 3.63) is 21.7 Å². The maximum Gasteiger partial charge on any atom is 0.251 e. The lowest BCUT2D eigenvalue weighted by Crippen LogP contribution is -2.17. The van der Waals surface area contributed by atoms with E-state index in [1.54, 1.807) is 13.0 Å². The van der Waals surface area contributed by atoms with Crippen LogP contribution >= 0.6 is 22.6 Å². The molecule has 0 radical (unpaired) electrons. The van der Waals surface area contributed by atoms with Crippen molar-refractivity contribution in [1.82, 2.24) is 4.98 Å². The molecule has 13 heavy (non-hydrogen) atoms. The van der Waals surface area contributed by atoms with E-state index < -0.39 is 11.9 Å². The SMILES string of the molecule is CC(CO)Oc1nccc(I)c1F. The first-order valence-corrected chi connectivity index (χ1v) is 4.80. The van der Waals surface area contributed by atoms with E-state index in [1.807, 2.05) is 22.6 Å². The standard InChI is InChI=1S/C8H9FINO2/c1-5(4-12)13-8-7(9)6(10)2-3-11-8/h2-3,5,12H,4H2,1H3. The molecule has 0 spiro atoms. The van der Waals surface area contributed by atoms with Crippen molar-refractivity contribution in [2.75, 3.05) is 6.61 Å². The zero-order chi connectivity index (χ0) is 9.84. The Morgan fingerprint density at radius 1 is 1.77 bits per heavy atom. The predicted octanol–water partition coefficient (Wildman–Crippen LogP) is 1.58. The highest BCUT2D eigenvalue weighted by Crippen LogP contribution is 2.19. The summed E-state index contributed by atoms with van der Waals surface area (Å²) in [4.78, 5) is 3.71. The van der Waals surface area contributed by atoms with Gasteiger partial charge in [0.05, 0.1) is 10.2 Å². The van der Waals surface area contributed by atoms with Gasteiger partial charge in [0.15, 0.2) is 5.82 Å². The van der Waals surface area contributed by atoms with Crippen molar-refractivity contribution in [2.45, 2.75) is 13.0 Å². The van der Waals surface area contributed by atoms with Gasteiger partial charge in [-0.3, -0.25) is 0 Å². The smallest absolute Gasteiger partial charge is 0.251 e. The van der Waals surface area contributed by atoms with Gasteiger partial charge in [0.2, 0.25) is 0 Å². The van der Waals surface area contributed by atoms with Crippen LogP contribution in [0.5, 0.6) is 5.88 Å². The minimum atomic E-state index is -0.483. The number of hydrogen-bond acceptors (Lipinski definition) is 3. The molecule has 1 rings (SSSR count). The van der Waals surface area contributed by atoms with Gasteiger partial charge in [-0.2, -0.15) is 4.39 Å². The molecule has 0 aliphatic rings. The Hall–Kier alpha value is -0.430. The highest BCUT2D eigenvalue weighted by molar-refractivity contribution is 14.1. The number of nitrogens with zero attached hydrogens (tertiary/aromatic N) is 1. The van der Waals surface area contributed by atoms with E-state index in [-0.39, 0.29) is 12.5 Å². The summed E-state index contributed by atoms with van der Waals surface area (Å²) in [6.07, 6.45) is 1.02. The van der Waals surface area contributed by atoms with E-state index in [0.29, 0.717) is 3.57 Å². The third kappa shape index (κ3) is 2.77. The Balaban J connectivity index is 2.83. The Morgan fingerprint density at radius 3 is 3.08 bits per heavy atom. The fraction of sp³-hybridized carbons (Fsp3) is 0.375. The van der Waals surface area contributed by atoms with Crippen molar-refractivity contribution in [3.63, 3.8) is 0 Å². The second-order valence-electron chi connectivity index (χ2n) is 2.52. The molecule has 0 saturated carbocycles. The van der Waals surface area contributed by atoms with Crippen LogP contribution < -0.4 is 4.74 Å². The third-order valence-corrected chi connectivity index (χ3v) is 2.21. The lowest BCUT2D eigenvalue weighted by Gasteiger charge is -2.11. The van der Waals surface area contributed by atoms with Gasteiger partial charge in [-0.05, 0) is 35.6 Å². The number of rotatable bonds is 3. The number of halogens is 2. The number of hydrogen-bond donors (Lipinski definition) is 1. The normalized spacial score (nSPS) is 12.6. The van der Waals surface area contributed by atoms with Crippen molar-refractivity contribution >= 4 is 22.6 Å². The molecule has 0 aromatic carbocycles. The summed E-state index contributed by atoms with van der Waals surface area (Å²) in [6, 6.07) is 1.55. The lowest BCUT2D eigenvalue weighted by molar-refractivity contribution is 0.120. The van der Waals surface area contributed by atoms with E-state index in [1.165, 1.54) is 6.20 Å². The molecule has 1 aromatic heterocycles. The van der Waals surface area contributed by atoms with Gasteiger partial charge < -0.3 is 9.84 Å². The molecule has 1 heterocycles. The van der Waals surface area contributed by atoms with Gasteiger partial charge in [-0.25, -0.2) is 4.98 Å². The van der Waals surface area contributed by atoms with Gasteiger partial charge in [0.1, 0.15) is 6.10 Å². The maximum atomic E-state index is 13.2. The number of pyridine rings is 1. The lowest BCUT2D eigenvalue weighted by atomic mass is 10.4. The number of aliphatic hydroxyl groups excluding tert-OH is 1. The first kappa shape index (κ1) is 10.6. The second-order valence-corrected chi connectivity index (χ2v) is 3.69. The zero-order valence-electron chi connectivity index (χ0n) is 7.00. The van der Waals surface area contributed by atoms with E-state index >= 15 is 0 Å². The fourth-order valence-electron chi connectivity index (χ4n) is 0.712. The molecule has 0 fully saturated rings. The van der Waals surface area contributed by atoms with Gasteiger partial charge >= 0.3 is 0 Å². The van der Waals surface area contributed by atoms with Crippen LogP contribution in [0.25, 0.3) is 0 Å². The molecule has 3 nitrogen and oxygen atoms in total. The molecule has 5 heteroatoms. The van der Waals surface area contributed by atoms with Crippen LogP contribution in [0.1, 0.15) is 6.92 Å². The van der Waals surface area contributed by atoms with Gasteiger partial charge in [-0.15, -0.1) is 0 Å². The van der Waals surface area contributed by atoms with Crippen molar-refractivity contribution in [3.8, 4) is 5.88 Å². The average Bonchev–Trinajstić information content (AvgIpc) is 2.13. The van der Waals surface area contributed by atoms with Crippen molar-refractivity contribution < 1.29 is 14.2 Å². The minimum Gasteiger partial charge on any atom is -0.470 e. The van der Waals surface area contributed by atoms with Crippen molar-refractivity contribution in [2.24, 2.45) is 0 Å². The molecule has 72 valence electrons. The van der Waals surface area contributed by atoms with Gasteiger partial charge in [0.25, 0.3) is 5.88 Å². The summed E-state index contributed by atoms with van der Waals surface area (Å²) in [6.45, 7) is 1.48. The van der Waals surface area contributed by atoms with E-state index in [4.69, 9.17) is 9.84 Å². The zero-order valence-corrected chi connectivity index (χ0v) is 9.16. The Morgan fingerprint density at radius 2 is 2.46 bits per heavy atom. The highest BCUT2D eigenvalue weighted by atomic mass is 127. The highest BCUT2D eigenvalue weighted by Gasteiger charge is 2.11. The molecule has 0 amide bonds. The molecule has 0 aliphatic heterocycles. The maximum absolute atomic E-state index is 13.2. The number of ether oxygens (including phenoxy) is 1. The van der Waals surface area contributed by atoms with Crippen LogP contribution in [0, 0.1) is 9.39 Å². The topological polar surface area (TPSA) is 42.4 Å². The number of aromatic nitrogens is 1. The summed E-state index contributed by atoms with van der Waals surface area (Å²) >= 11 is 1.85. The van der Waals surface area contributed by atoms with Crippen LogP contribution in [-0.4, -0.2) is 22.8 Å². The second kappa shape index (κ2) is 4.71. The molecular formula is C8H9FINO2. The molecule has 1 aromatic rings. The summed E-state index contributed by atoms with van der Waals surface area (Å²) in [7, 11) is 0. The molecule has 0 aliphatic carbocycles. The number of aliphatic hydroxyl groups is 1. The summed E-state index contributed by atoms with van der Waals surface area (Å²) in [5, 5.41) is 8.68. The van der Waals surface area contributed by atoms with Crippen LogP contribution in [0.2, 0.25) is 0 Å². The van der Waals surface area contributed by atoms with Crippen LogP contribution in [0.15, 0.2) is 12.3 Å². The monoisotopic (exact) mass is 297 g/mol. The first-order chi connectivity index (χ1) is 6.15. The van der Waals surface area contributed by atoms with E-state index in [2.05, 4.69) is 4.98 Å². The van der Waals surface area contributed by atoms with Crippen LogP contribution in [0.4, 0.5) is 4.39 Å². The molecular weight excluding hydrogens is 288 g/mol. The molecule has 0 bridgehead atoms. The summed E-state index contributed by atoms with van der Waals surface area (Å²) in [5.74, 6) is -0.545. The Bertz CT molecular complexity index is 295. The Kier molecular flexibility index (Phi) is 3.86. The predicted molar refractivity (Wildman–Crippen MR) is 54.1 cm³/mol. The average molecular weight is 297 g/mol. The fourth-order valence-corrected chi connectivity index (χ4v) is 1.10. The molecule has 0 saturated heterocycles. The summed E-state index contributed by atoms with van der Waals surface area (Å²) < 4.78 is 18.7. The molecule has 1 atom stereocenters.